The Labute approximate surface area is 115 Å². The molecule has 1 fully saturated rings. The molecule has 1 aliphatic heterocycles. The van der Waals surface area contributed by atoms with Crippen LogP contribution in [0, 0.1) is 5.92 Å². The summed E-state index contributed by atoms with van der Waals surface area (Å²) in [6, 6.07) is 0.230. The van der Waals surface area contributed by atoms with Crippen LogP contribution < -0.4 is 11.3 Å². The monoisotopic (exact) mass is 297 g/mol. The first kappa shape index (κ1) is 16.2. The molecule has 1 heterocycles. The van der Waals surface area contributed by atoms with E-state index in [0.29, 0.717) is 24.9 Å². The third kappa shape index (κ3) is 5.40. The SMILES string of the molecule is CS(=O)(=O)N1CCCC(CC(CCCCl)NN)C1. The van der Waals surface area contributed by atoms with Gasteiger partial charge in [0.05, 0.1) is 6.26 Å². The molecule has 2 unspecified atom stereocenters. The Morgan fingerprint density at radius 1 is 1.56 bits per heavy atom. The molecule has 0 aromatic heterocycles. The van der Waals surface area contributed by atoms with Gasteiger partial charge in [0.1, 0.15) is 0 Å². The maximum Gasteiger partial charge on any atom is 0.211 e. The lowest BCUT2D eigenvalue weighted by Gasteiger charge is -2.32. The number of nitrogens with zero attached hydrogens (tertiary/aromatic N) is 1. The van der Waals surface area contributed by atoms with Crippen molar-refractivity contribution in [2.75, 3.05) is 25.2 Å². The van der Waals surface area contributed by atoms with E-state index in [1.165, 1.54) is 6.26 Å². The fraction of sp³-hybridized carbons (Fsp3) is 1.00. The van der Waals surface area contributed by atoms with Gasteiger partial charge < -0.3 is 0 Å². The number of hydrazine groups is 1. The first-order valence-corrected chi connectivity index (χ1v) is 8.83. The van der Waals surface area contributed by atoms with Crippen molar-refractivity contribution < 1.29 is 8.42 Å². The second kappa shape index (κ2) is 7.65. The molecule has 7 heteroatoms. The Morgan fingerprint density at radius 3 is 2.83 bits per heavy atom. The Morgan fingerprint density at radius 2 is 2.28 bits per heavy atom. The summed E-state index contributed by atoms with van der Waals surface area (Å²) in [7, 11) is -3.06. The first-order valence-electron chi connectivity index (χ1n) is 6.44. The lowest BCUT2D eigenvalue weighted by molar-refractivity contribution is 0.234. The van der Waals surface area contributed by atoms with Crippen molar-refractivity contribution in [1.29, 1.82) is 0 Å². The molecular weight excluding hydrogens is 274 g/mol. The zero-order chi connectivity index (χ0) is 13.6. The van der Waals surface area contributed by atoms with Crippen molar-refractivity contribution in [2.24, 2.45) is 11.8 Å². The van der Waals surface area contributed by atoms with Crippen LogP contribution >= 0.6 is 11.6 Å². The van der Waals surface area contributed by atoms with E-state index in [0.717, 1.165) is 32.1 Å². The lowest BCUT2D eigenvalue weighted by Crippen LogP contribution is -2.43. The third-order valence-corrected chi connectivity index (χ3v) is 5.03. The van der Waals surface area contributed by atoms with Gasteiger partial charge >= 0.3 is 0 Å². The smallest absolute Gasteiger partial charge is 0.211 e. The summed E-state index contributed by atoms with van der Waals surface area (Å²) in [5.74, 6) is 6.56. The normalized spacial score (nSPS) is 24.1. The van der Waals surface area contributed by atoms with Gasteiger partial charge in [-0.15, -0.1) is 11.6 Å². The molecule has 0 bridgehead atoms. The lowest BCUT2D eigenvalue weighted by atomic mass is 9.91. The summed E-state index contributed by atoms with van der Waals surface area (Å²) in [5.41, 5.74) is 2.81. The van der Waals surface area contributed by atoms with Crippen LogP contribution in [0.15, 0.2) is 0 Å². The Bertz CT molecular complexity index is 337. The van der Waals surface area contributed by atoms with Crippen LogP contribution in [0.4, 0.5) is 0 Å². The van der Waals surface area contributed by atoms with Crippen molar-refractivity contribution in [3.8, 4) is 0 Å². The molecule has 0 aliphatic carbocycles. The van der Waals surface area contributed by atoms with Crippen molar-refractivity contribution in [1.82, 2.24) is 9.73 Å². The minimum absolute atomic E-state index is 0.230. The molecule has 108 valence electrons. The van der Waals surface area contributed by atoms with Crippen LogP contribution in [0.3, 0.4) is 0 Å². The summed E-state index contributed by atoms with van der Waals surface area (Å²) in [4.78, 5) is 0. The summed E-state index contributed by atoms with van der Waals surface area (Å²) in [6.45, 7) is 1.27. The molecule has 0 aromatic rings. The second-order valence-corrected chi connectivity index (χ2v) is 7.42. The maximum atomic E-state index is 11.5. The molecular formula is C11H24ClN3O2S. The van der Waals surface area contributed by atoms with E-state index in [-0.39, 0.29) is 6.04 Å². The molecule has 18 heavy (non-hydrogen) atoms. The van der Waals surface area contributed by atoms with Crippen LogP contribution in [0.25, 0.3) is 0 Å². The summed E-state index contributed by atoms with van der Waals surface area (Å²) >= 11 is 5.67. The quantitative estimate of drug-likeness (QED) is 0.416. The van der Waals surface area contributed by atoms with Crippen molar-refractivity contribution >= 4 is 21.6 Å². The number of hydrogen-bond acceptors (Lipinski definition) is 4. The highest BCUT2D eigenvalue weighted by molar-refractivity contribution is 7.88. The molecule has 1 saturated heterocycles. The molecule has 0 saturated carbocycles. The number of halogens is 1. The standard InChI is InChI=1S/C11H24ClN3O2S/c1-18(16,17)15-7-3-4-10(9-15)8-11(14-13)5-2-6-12/h10-11,14H,2-9,13H2,1H3. The Kier molecular flexibility index (Phi) is 6.87. The Balaban J connectivity index is 2.46. The summed E-state index contributed by atoms with van der Waals surface area (Å²) in [5, 5.41) is 0. The van der Waals surface area contributed by atoms with Gasteiger partial charge in [0.25, 0.3) is 0 Å². The minimum atomic E-state index is -3.06. The summed E-state index contributed by atoms with van der Waals surface area (Å²) < 4.78 is 24.6. The molecule has 5 nitrogen and oxygen atoms in total. The number of sulfonamides is 1. The zero-order valence-corrected chi connectivity index (χ0v) is 12.5. The van der Waals surface area contributed by atoms with Crippen molar-refractivity contribution in [2.45, 2.75) is 38.1 Å². The highest BCUT2D eigenvalue weighted by Crippen LogP contribution is 2.23. The van der Waals surface area contributed by atoms with Crippen LogP contribution in [0.5, 0.6) is 0 Å². The van der Waals surface area contributed by atoms with Gasteiger partial charge in [-0.05, 0) is 38.0 Å². The predicted molar refractivity (Wildman–Crippen MR) is 74.8 cm³/mol. The number of nitrogens with two attached hydrogens (primary N) is 1. The van der Waals surface area contributed by atoms with Crippen LogP contribution in [-0.2, 0) is 10.0 Å². The largest absolute Gasteiger partial charge is 0.271 e. The maximum absolute atomic E-state index is 11.5. The van der Waals surface area contributed by atoms with Crippen LogP contribution in [0.1, 0.15) is 32.1 Å². The highest BCUT2D eigenvalue weighted by atomic mass is 35.5. The van der Waals surface area contributed by atoms with Gasteiger partial charge in [0.2, 0.25) is 10.0 Å². The summed E-state index contributed by atoms with van der Waals surface area (Å²) in [6.07, 6.45) is 6.07. The molecule has 3 N–H and O–H groups in total. The number of hydrogen-bond donors (Lipinski definition) is 2. The fourth-order valence-electron chi connectivity index (χ4n) is 2.52. The molecule has 0 amide bonds. The molecule has 1 rings (SSSR count). The van der Waals surface area contributed by atoms with Gasteiger partial charge in [0, 0.05) is 25.0 Å². The molecule has 0 spiro atoms. The number of piperidine rings is 1. The molecule has 0 radical (unpaired) electrons. The van der Waals surface area contributed by atoms with Crippen LogP contribution in [-0.4, -0.2) is 44.0 Å². The van der Waals surface area contributed by atoms with E-state index in [1.54, 1.807) is 4.31 Å². The van der Waals surface area contributed by atoms with E-state index >= 15 is 0 Å². The van der Waals surface area contributed by atoms with Gasteiger partial charge in [0.15, 0.2) is 0 Å². The number of rotatable bonds is 7. The van der Waals surface area contributed by atoms with Crippen molar-refractivity contribution in [3.05, 3.63) is 0 Å². The van der Waals surface area contributed by atoms with E-state index in [1.807, 2.05) is 0 Å². The van der Waals surface area contributed by atoms with Gasteiger partial charge in [-0.3, -0.25) is 11.3 Å². The molecule has 0 aromatic carbocycles. The van der Waals surface area contributed by atoms with Crippen LogP contribution in [0.2, 0.25) is 0 Å². The van der Waals surface area contributed by atoms with E-state index < -0.39 is 10.0 Å². The minimum Gasteiger partial charge on any atom is -0.271 e. The van der Waals surface area contributed by atoms with Gasteiger partial charge in [-0.25, -0.2) is 12.7 Å². The van der Waals surface area contributed by atoms with E-state index in [2.05, 4.69) is 5.43 Å². The number of alkyl halides is 1. The van der Waals surface area contributed by atoms with Gasteiger partial charge in [-0.2, -0.15) is 0 Å². The fourth-order valence-corrected chi connectivity index (χ4v) is 3.61. The molecule has 1 aliphatic rings. The van der Waals surface area contributed by atoms with E-state index in [4.69, 9.17) is 17.4 Å². The number of nitrogens with one attached hydrogen (secondary N) is 1. The third-order valence-electron chi connectivity index (χ3n) is 3.49. The average molecular weight is 298 g/mol. The predicted octanol–water partition coefficient (Wildman–Crippen LogP) is 0.899. The average Bonchev–Trinajstić information content (AvgIpc) is 2.33. The van der Waals surface area contributed by atoms with E-state index in [9.17, 15) is 8.42 Å². The zero-order valence-electron chi connectivity index (χ0n) is 10.9. The van der Waals surface area contributed by atoms with Crippen molar-refractivity contribution in [3.63, 3.8) is 0 Å². The molecule has 2 atom stereocenters. The highest BCUT2D eigenvalue weighted by Gasteiger charge is 2.27. The topological polar surface area (TPSA) is 75.4 Å². The Hall–Kier alpha value is 0.120. The first-order chi connectivity index (χ1) is 8.47. The van der Waals surface area contributed by atoms with Gasteiger partial charge in [-0.1, -0.05) is 0 Å². The second-order valence-electron chi connectivity index (χ2n) is 5.06.